The van der Waals surface area contributed by atoms with Crippen LogP contribution in [0.15, 0.2) is 28.4 Å². The second-order valence-electron chi connectivity index (χ2n) is 3.29. The van der Waals surface area contributed by atoms with E-state index in [1.54, 1.807) is 0 Å². The van der Waals surface area contributed by atoms with Gasteiger partial charge in [0.1, 0.15) is 5.75 Å². The summed E-state index contributed by atoms with van der Waals surface area (Å²) >= 11 is 0. The molecule has 8 nitrogen and oxygen atoms in total. The van der Waals surface area contributed by atoms with Gasteiger partial charge in [-0.05, 0) is 12.1 Å². The van der Waals surface area contributed by atoms with Crippen molar-refractivity contribution in [3.63, 3.8) is 0 Å². The Morgan fingerprint density at radius 2 is 2.05 bits per heavy atom. The van der Waals surface area contributed by atoms with Gasteiger partial charge in [0.15, 0.2) is 0 Å². The van der Waals surface area contributed by atoms with Crippen molar-refractivity contribution in [3.8, 4) is 5.75 Å². The van der Waals surface area contributed by atoms with Crippen LogP contribution in [0, 0.1) is 10.1 Å². The summed E-state index contributed by atoms with van der Waals surface area (Å²) in [7, 11) is 0. The van der Waals surface area contributed by atoms with Crippen molar-refractivity contribution in [2.75, 3.05) is 0 Å². The highest BCUT2D eigenvalue weighted by molar-refractivity contribution is 5.86. The number of rotatable bonds is 4. The molecule has 1 rings (SSSR count). The Hall–Kier alpha value is -2.85. The van der Waals surface area contributed by atoms with Gasteiger partial charge in [-0.2, -0.15) is 5.10 Å². The largest absolute Gasteiger partial charge is 0.573 e. The molecule has 0 bridgehead atoms. The van der Waals surface area contributed by atoms with Gasteiger partial charge in [-0.15, -0.1) is 18.3 Å². The van der Waals surface area contributed by atoms with E-state index >= 15 is 0 Å². The molecule has 0 heterocycles. The number of alkyl halides is 3. The quantitative estimate of drug-likeness (QED) is 0.371. The topological polar surface area (TPSA) is 129 Å². The Bertz CT molecular complexity index is 566. The van der Waals surface area contributed by atoms with Gasteiger partial charge in [-0.1, -0.05) is 0 Å². The third-order valence-electron chi connectivity index (χ3n) is 1.80. The highest BCUT2D eigenvalue weighted by atomic mass is 19.4. The van der Waals surface area contributed by atoms with E-state index in [-0.39, 0.29) is 5.56 Å². The number of benzene rings is 1. The summed E-state index contributed by atoms with van der Waals surface area (Å²) in [5.74, 6) is -1.04. The van der Waals surface area contributed by atoms with Gasteiger partial charge in [-0.3, -0.25) is 10.1 Å². The molecule has 0 saturated carbocycles. The Kier molecular flexibility index (Phi) is 4.46. The first-order valence-corrected chi connectivity index (χ1v) is 4.85. The first kappa shape index (κ1) is 15.2. The van der Waals surface area contributed by atoms with E-state index in [0.29, 0.717) is 0 Å². The lowest BCUT2D eigenvalue weighted by Crippen LogP contribution is -2.21. The van der Waals surface area contributed by atoms with Crippen molar-refractivity contribution in [2.45, 2.75) is 6.36 Å². The van der Waals surface area contributed by atoms with E-state index < -0.39 is 28.7 Å². The SMILES string of the molecule is NC(N)=NN=Cc1cc(OC(F)(F)F)ccc1[N+](=O)[O-]. The van der Waals surface area contributed by atoms with Gasteiger partial charge >= 0.3 is 6.36 Å². The Balaban J connectivity index is 3.16. The van der Waals surface area contributed by atoms with Crippen molar-refractivity contribution >= 4 is 17.9 Å². The summed E-state index contributed by atoms with van der Waals surface area (Å²) in [6.07, 6.45) is -4.08. The predicted octanol–water partition coefficient (Wildman–Crippen LogP) is 1.10. The van der Waals surface area contributed by atoms with Crippen LogP contribution in [0.4, 0.5) is 18.9 Å². The van der Waals surface area contributed by atoms with Gasteiger partial charge in [0.2, 0.25) is 5.96 Å². The molecule has 0 aromatic heterocycles. The zero-order valence-electron chi connectivity index (χ0n) is 9.66. The number of hydrogen-bond donors (Lipinski definition) is 2. The van der Waals surface area contributed by atoms with Crippen molar-refractivity contribution in [2.24, 2.45) is 21.7 Å². The molecule has 1 aromatic carbocycles. The summed E-state index contributed by atoms with van der Waals surface area (Å²) in [5, 5.41) is 17.2. The average molecular weight is 291 g/mol. The molecule has 0 radical (unpaired) electrons. The number of guanidine groups is 1. The second kappa shape index (κ2) is 5.86. The maximum atomic E-state index is 12.0. The smallest absolute Gasteiger partial charge is 0.406 e. The predicted molar refractivity (Wildman–Crippen MR) is 63.2 cm³/mol. The Morgan fingerprint density at radius 3 is 2.55 bits per heavy atom. The number of nitro benzene ring substituents is 1. The van der Waals surface area contributed by atoms with Crippen LogP contribution in [0.3, 0.4) is 0 Å². The van der Waals surface area contributed by atoms with Gasteiger partial charge in [-0.25, -0.2) is 0 Å². The molecule has 0 fully saturated rings. The van der Waals surface area contributed by atoms with Crippen LogP contribution in [0.2, 0.25) is 0 Å². The third-order valence-corrected chi connectivity index (χ3v) is 1.80. The molecule has 20 heavy (non-hydrogen) atoms. The number of nitrogens with two attached hydrogens (primary N) is 2. The molecule has 0 atom stereocenters. The van der Waals surface area contributed by atoms with Crippen LogP contribution in [-0.4, -0.2) is 23.5 Å². The summed E-state index contributed by atoms with van der Waals surface area (Å²) in [6, 6.07) is 2.44. The van der Waals surface area contributed by atoms with Crippen LogP contribution in [-0.2, 0) is 0 Å². The van der Waals surface area contributed by atoms with E-state index in [0.717, 1.165) is 24.4 Å². The highest BCUT2D eigenvalue weighted by Crippen LogP contribution is 2.27. The Labute approximate surface area is 109 Å². The molecule has 0 aliphatic heterocycles. The fourth-order valence-electron chi connectivity index (χ4n) is 1.16. The third kappa shape index (κ3) is 4.80. The van der Waals surface area contributed by atoms with Gasteiger partial charge in [0.25, 0.3) is 5.69 Å². The fraction of sp³-hybridized carbons (Fsp3) is 0.111. The van der Waals surface area contributed by atoms with E-state index in [1.807, 2.05) is 0 Å². The zero-order valence-corrected chi connectivity index (χ0v) is 9.66. The second-order valence-corrected chi connectivity index (χ2v) is 3.29. The summed E-state index contributed by atoms with van der Waals surface area (Å²) in [4.78, 5) is 9.91. The average Bonchev–Trinajstić information content (AvgIpc) is 2.25. The highest BCUT2D eigenvalue weighted by Gasteiger charge is 2.31. The Morgan fingerprint density at radius 1 is 1.40 bits per heavy atom. The van der Waals surface area contributed by atoms with E-state index in [1.165, 1.54) is 0 Å². The van der Waals surface area contributed by atoms with Gasteiger partial charge in [0, 0.05) is 6.07 Å². The first-order chi connectivity index (χ1) is 9.19. The summed E-state index contributed by atoms with van der Waals surface area (Å²) in [5.41, 5.74) is 9.22. The van der Waals surface area contributed by atoms with E-state index in [9.17, 15) is 23.3 Å². The minimum absolute atomic E-state index is 0.248. The minimum Gasteiger partial charge on any atom is -0.406 e. The van der Waals surface area contributed by atoms with Gasteiger partial charge < -0.3 is 16.2 Å². The first-order valence-electron chi connectivity index (χ1n) is 4.85. The maximum Gasteiger partial charge on any atom is 0.573 e. The summed E-state index contributed by atoms with van der Waals surface area (Å²) < 4.78 is 39.8. The van der Waals surface area contributed by atoms with Gasteiger partial charge in [0.05, 0.1) is 16.7 Å². The van der Waals surface area contributed by atoms with Crippen molar-refractivity contribution in [1.29, 1.82) is 0 Å². The number of halogens is 3. The molecular weight excluding hydrogens is 283 g/mol. The van der Waals surface area contributed by atoms with E-state index in [2.05, 4.69) is 14.9 Å². The molecule has 108 valence electrons. The molecular formula is C9H8F3N5O3. The standard InChI is InChI=1S/C9H8F3N5O3/c10-9(11,12)20-6-1-2-7(17(18)19)5(3-6)4-15-16-8(13)14/h1-4H,(H4,13,14,16). The minimum atomic E-state index is -4.91. The number of nitrogens with zero attached hydrogens (tertiary/aromatic N) is 3. The summed E-state index contributed by atoms with van der Waals surface area (Å²) in [6.45, 7) is 0. The van der Waals surface area contributed by atoms with Crippen LogP contribution < -0.4 is 16.2 Å². The molecule has 0 amide bonds. The zero-order chi connectivity index (χ0) is 15.3. The molecule has 0 aliphatic carbocycles. The van der Waals surface area contributed by atoms with Crippen LogP contribution in [0.25, 0.3) is 0 Å². The molecule has 0 aliphatic rings. The number of nitro groups is 1. The lowest BCUT2D eigenvalue weighted by atomic mass is 10.2. The van der Waals surface area contributed by atoms with Crippen molar-refractivity contribution in [1.82, 2.24) is 0 Å². The number of hydrogen-bond acceptors (Lipinski definition) is 5. The van der Waals surface area contributed by atoms with Crippen LogP contribution in [0.5, 0.6) is 5.75 Å². The van der Waals surface area contributed by atoms with Crippen molar-refractivity contribution < 1.29 is 22.8 Å². The molecule has 1 aromatic rings. The molecule has 0 unspecified atom stereocenters. The lowest BCUT2D eigenvalue weighted by molar-refractivity contribution is -0.385. The number of ether oxygens (including phenoxy) is 1. The maximum absolute atomic E-state index is 12.0. The monoisotopic (exact) mass is 291 g/mol. The molecule has 0 saturated heterocycles. The molecule has 4 N–H and O–H groups in total. The molecule has 0 spiro atoms. The molecule has 11 heteroatoms. The van der Waals surface area contributed by atoms with E-state index in [4.69, 9.17) is 11.5 Å². The van der Waals surface area contributed by atoms with Crippen LogP contribution >= 0.6 is 0 Å². The van der Waals surface area contributed by atoms with Crippen molar-refractivity contribution in [3.05, 3.63) is 33.9 Å². The van der Waals surface area contributed by atoms with Crippen LogP contribution in [0.1, 0.15) is 5.56 Å². The normalized spacial score (nSPS) is 11.3. The lowest BCUT2D eigenvalue weighted by Gasteiger charge is -2.08. The fourth-order valence-corrected chi connectivity index (χ4v) is 1.16.